The molecule has 0 bridgehead atoms. The first kappa shape index (κ1) is 5.73. The molecule has 0 fully saturated rings. The first-order chi connectivity index (χ1) is 4.86. The second kappa shape index (κ2) is 1.98. The monoisotopic (exact) mass is 140 g/mol. The van der Waals surface area contributed by atoms with Crippen LogP contribution in [0.1, 0.15) is 11.5 Å². The lowest BCUT2D eigenvalue weighted by Crippen LogP contribution is -2.07. The number of hydrogen-bond acceptors (Lipinski definition) is 4. The molecule has 4 heteroatoms. The van der Waals surface area contributed by atoms with Gasteiger partial charge in [0.05, 0.1) is 12.3 Å². The molecule has 2 heterocycles. The van der Waals surface area contributed by atoms with E-state index in [-0.39, 0.29) is 6.01 Å². The molecule has 0 unspecified atom stereocenters. The molecule has 54 valence electrons. The summed E-state index contributed by atoms with van der Waals surface area (Å²) in [7, 11) is 0. The van der Waals surface area contributed by atoms with E-state index in [9.17, 15) is 0 Å². The van der Waals surface area contributed by atoms with Crippen LogP contribution in [0.4, 0.5) is 6.01 Å². The maximum absolute atomic E-state index is 5.32. The lowest BCUT2D eigenvalue weighted by atomic mass is 10.2. The number of ether oxygens (including phenoxy) is 1. The number of oxazole rings is 1. The molecule has 0 radical (unpaired) electrons. The summed E-state index contributed by atoms with van der Waals surface area (Å²) >= 11 is 0. The van der Waals surface area contributed by atoms with Crippen LogP contribution < -0.4 is 5.73 Å². The zero-order valence-electron chi connectivity index (χ0n) is 5.46. The second-order valence-corrected chi connectivity index (χ2v) is 2.22. The van der Waals surface area contributed by atoms with Gasteiger partial charge in [-0.2, -0.15) is 4.98 Å². The van der Waals surface area contributed by atoms with Crippen molar-refractivity contribution in [3.8, 4) is 0 Å². The molecule has 10 heavy (non-hydrogen) atoms. The average molecular weight is 140 g/mol. The van der Waals surface area contributed by atoms with Crippen molar-refractivity contribution in [1.82, 2.24) is 4.98 Å². The Morgan fingerprint density at radius 1 is 1.50 bits per heavy atom. The van der Waals surface area contributed by atoms with Crippen LogP contribution in [-0.2, 0) is 17.8 Å². The Labute approximate surface area is 58.0 Å². The number of fused-ring (bicyclic) bond motifs is 1. The molecule has 1 aromatic rings. The Bertz CT molecular complexity index is 220. The zero-order valence-corrected chi connectivity index (χ0v) is 5.46. The highest BCUT2D eigenvalue weighted by Crippen LogP contribution is 2.17. The van der Waals surface area contributed by atoms with Gasteiger partial charge in [0.1, 0.15) is 6.61 Å². The van der Waals surface area contributed by atoms with Gasteiger partial charge in [-0.1, -0.05) is 0 Å². The molecule has 4 nitrogen and oxygen atoms in total. The van der Waals surface area contributed by atoms with Crippen LogP contribution in [0.2, 0.25) is 0 Å². The van der Waals surface area contributed by atoms with Gasteiger partial charge in [-0.15, -0.1) is 0 Å². The smallest absolute Gasteiger partial charge is 0.292 e. The van der Waals surface area contributed by atoms with Crippen LogP contribution in [0.3, 0.4) is 0 Å². The molecule has 0 saturated carbocycles. The SMILES string of the molecule is Nc1nc2c(o1)COCC2. The van der Waals surface area contributed by atoms with Crippen molar-refractivity contribution >= 4 is 6.01 Å². The van der Waals surface area contributed by atoms with Crippen molar-refractivity contribution in [3.05, 3.63) is 11.5 Å². The average Bonchev–Trinajstić information content (AvgIpc) is 2.27. The van der Waals surface area contributed by atoms with E-state index in [0.717, 1.165) is 24.5 Å². The fourth-order valence-electron chi connectivity index (χ4n) is 1.05. The van der Waals surface area contributed by atoms with Crippen molar-refractivity contribution < 1.29 is 9.15 Å². The zero-order chi connectivity index (χ0) is 6.97. The van der Waals surface area contributed by atoms with E-state index in [1.54, 1.807) is 0 Å². The summed E-state index contributed by atoms with van der Waals surface area (Å²) in [5, 5.41) is 0. The molecular weight excluding hydrogens is 132 g/mol. The Balaban J connectivity index is 2.41. The number of aromatic nitrogens is 1. The van der Waals surface area contributed by atoms with Gasteiger partial charge in [0, 0.05) is 6.42 Å². The van der Waals surface area contributed by atoms with Crippen LogP contribution in [0.15, 0.2) is 4.42 Å². The highest BCUT2D eigenvalue weighted by atomic mass is 16.5. The molecule has 1 aliphatic rings. The standard InChI is InChI=1S/C6H8N2O2/c7-6-8-4-1-2-9-3-5(4)10-6/h1-3H2,(H2,7,8). The van der Waals surface area contributed by atoms with Gasteiger partial charge in [0.2, 0.25) is 0 Å². The summed E-state index contributed by atoms with van der Waals surface area (Å²) in [6, 6.07) is 0.246. The molecule has 0 spiro atoms. The Hall–Kier alpha value is -1.03. The summed E-state index contributed by atoms with van der Waals surface area (Å²) in [4.78, 5) is 3.98. The van der Waals surface area contributed by atoms with Crippen molar-refractivity contribution in [2.75, 3.05) is 12.3 Å². The first-order valence-corrected chi connectivity index (χ1v) is 3.18. The normalized spacial score (nSPS) is 16.8. The molecule has 0 amide bonds. The summed E-state index contributed by atoms with van der Waals surface area (Å²) in [6.45, 7) is 1.23. The van der Waals surface area contributed by atoms with E-state index >= 15 is 0 Å². The third-order valence-corrected chi connectivity index (χ3v) is 1.51. The lowest BCUT2D eigenvalue weighted by molar-refractivity contribution is 0.0940. The minimum absolute atomic E-state index is 0.246. The number of nitrogen functional groups attached to an aromatic ring is 1. The van der Waals surface area contributed by atoms with Crippen LogP contribution in [0.5, 0.6) is 0 Å². The van der Waals surface area contributed by atoms with Gasteiger partial charge >= 0.3 is 0 Å². The maximum Gasteiger partial charge on any atom is 0.292 e. The van der Waals surface area contributed by atoms with Crippen molar-refractivity contribution in [2.24, 2.45) is 0 Å². The van der Waals surface area contributed by atoms with E-state index in [1.807, 2.05) is 0 Å². The largest absolute Gasteiger partial charge is 0.426 e. The van der Waals surface area contributed by atoms with E-state index in [2.05, 4.69) is 4.98 Å². The van der Waals surface area contributed by atoms with Gasteiger partial charge in [0.25, 0.3) is 6.01 Å². The highest BCUT2D eigenvalue weighted by Gasteiger charge is 2.15. The second-order valence-electron chi connectivity index (χ2n) is 2.22. The molecule has 2 N–H and O–H groups in total. The molecule has 1 aromatic heterocycles. The minimum Gasteiger partial charge on any atom is -0.426 e. The number of nitrogens with two attached hydrogens (primary N) is 1. The summed E-state index contributed by atoms with van der Waals surface area (Å²) < 4.78 is 10.2. The van der Waals surface area contributed by atoms with Crippen LogP contribution in [0, 0.1) is 0 Å². The molecule has 0 aromatic carbocycles. The van der Waals surface area contributed by atoms with E-state index < -0.39 is 0 Å². The Morgan fingerprint density at radius 3 is 3.20 bits per heavy atom. The topological polar surface area (TPSA) is 61.3 Å². The molecule has 1 aliphatic heterocycles. The highest BCUT2D eigenvalue weighted by molar-refractivity contribution is 5.20. The van der Waals surface area contributed by atoms with Crippen LogP contribution >= 0.6 is 0 Å². The van der Waals surface area contributed by atoms with Crippen molar-refractivity contribution in [2.45, 2.75) is 13.0 Å². The lowest BCUT2D eigenvalue weighted by Gasteiger charge is -2.07. The molecule has 2 rings (SSSR count). The fourth-order valence-corrected chi connectivity index (χ4v) is 1.05. The maximum atomic E-state index is 5.32. The van der Waals surface area contributed by atoms with Gasteiger partial charge in [-0.25, -0.2) is 0 Å². The Morgan fingerprint density at radius 2 is 2.40 bits per heavy atom. The van der Waals surface area contributed by atoms with E-state index in [0.29, 0.717) is 6.61 Å². The van der Waals surface area contributed by atoms with Gasteiger partial charge in [-0.3, -0.25) is 0 Å². The predicted molar refractivity (Wildman–Crippen MR) is 34.3 cm³/mol. The summed E-state index contributed by atoms with van der Waals surface area (Å²) in [5.74, 6) is 0.781. The number of hydrogen-bond donors (Lipinski definition) is 1. The third-order valence-electron chi connectivity index (χ3n) is 1.51. The first-order valence-electron chi connectivity index (χ1n) is 3.18. The minimum atomic E-state index is 0.246. The molecule has 0 aliphatic carbocycles. The molecule has 0 saturated heterocycles. The summed E-state index contributed by atoms with van der Waals surface area (Å²) in [6.07, 6.45) is 0.816. The number of anilines is 1. The Kier molecular flexibility index (Phi) is 1.14. The van der Waals surface area contributed by atoms with E-state index in [4.69, 9.17) is 14.9 Å². The molecule has 0 atom stereocenters. The van der Waals surface area contributed by atoms with Gasteiger partial charge in [-0.05, 0) is 0 Å². The van der Waals surface area contributed by atoms with Crippen LogP contribution in [0.25, 0.3) is 0 Å². The number of nitrogens with zero attached hydrogens (tertiary/aromatic N) is 1. The quantitative estimate of drug-likeness (QED) is 0.564. The van der Waals surface area contributed by atoms with E-state index in [1.165, 1.54) is 0 Å². The predicted octanol–water partition coefficient (Wildman–Crippen LogP) is 0.329. The molecular formula is C6H8N2O2. The summed E-state index contributed by atoms with van der Waals surface area (Å²) in [5.41, 5.74) is 6.27. The van der Waals surface area contributed by atoms with Gasteiger partial charge in [0.15, 0.2) is 5.76 Å². The van der Waals surface area contributed by atoms with Crippen molar-refractivity contribution in [3.63, 3.8) is 0 Å². The number of rotatable bonds is 0. The van der Waals surface area contributed by atoms with Gasteiger partial charge < -0.3 is 14.9 Å². The van der Waals surface area contributed by atoms with Crippen molar-refractivity contribution in [1.29, 1.82) is 0 Å². The third kappa shape index (κ3) is 0.769. The fraction of sp³-hybridized carbons (Fsp3) is 0.500. The van der Waals surface area contributed by atoms with Crippen LogP contribution in [-0.4, -0.2) is 11.6 Å².